The molecule has 158 valence electrons. The molecule has 0 unspecified atom stereocenters. The SMILES string of the molecule is Cc1oc(-c2cccs2)nc1CSc1nc(C2CC2)nc2c1c(=O)[nH]c(=O)n2C1CC1. The number of hydrogen-bond donors (Lipinski definition) is 1. The number of nitrogens with one attached hydrogen (secondary N) is 1. The zero-order valence-corrected chi connectivity index (χ0v) is 18.4. The van der Waals surface area contributed by atoms with Crippen molar-refractivity contribution in [2.24, 2.45) is 0 Å². The maximum Gasteiger partial charge on any atom is 0.330 e. The quantitative estimate of drug-likeness (QED) is 0.347. The van der Waals surface area contributed by atoms with Gasteiger partial charge in [-0.25, -0.2) is 19.7 Å². The highest BCUT2D eigenvalue weighted by atomic mass is 32.2. The van der Waals surface area contributed by atoms with E-state index in [9.17, 15) is 9.59 Å². The molecular weight excluding hydrogens is 434 g/mol. The second kappa shape index (κ2) is 7.16. The number of fused-ring (bicyclic) bond motifs is 1. The highest BCUT2D eigenvalue weighted by Gasteiger charge is 2.32. The molecule has 0 spiro atoms. The number of hydrogen-bond acceptors (Lipinski definition) is 8. The van der Waals surface area contributed by atoms with Crippen LogP contribution in [0.4, 0.5) is 0 Å². The molecule has 0 amide bonds. The van der Waals surface area contributed by atoms with Gasteiger partial charge in [0.2, 0.25) is 5.89 Å². The maximum absolute atomic E-state index is 12.8. The fourth-order valence-corrected chi connectivity index (χ4v) is 5.32. The molecule has 10 heteroatoms. The number of nitrogens with zero attached hydrogens (tertiary/aromatic N) is 4. The Kier molecular flexibility index (Phi) is 4.39. The van der Waals surface area contributed by atoms with Crippen molar-refractivity contribution in [3.63, 3.8) is 0 Å². The molecule has 2 saturated carbocycles. The lowest BCUT2D eigenvalue weighted by Crippen LogP contribution is -2.31. The van der Waals surface area contributed by atoms with Crippen molar-refractivity contribution in [3.05, 3.63) is 55.6 Å². The average Bonchev–Trinajstić information content (AvgIpc) is 3.67. The number of oxazole rings is 1. The number of aromatic amines is 1. The number of rotatable bonds is 6. The molecule has 2 aliphatic rings. The van der Waals surface area contributed by atoms with E-state index in [4.69, 9.17) is 9.40 Å². The number of thiophene rings is 1. The third-order valence-electron chi connectivity index (χ3n) is 5.59. The number of aryl methyl sites for hydroxylation is 1. The molecule has 0 saturated heterocycles. The van der Waals surface area contributed by atoms with Gasteiger partial charge in [-0.2, -0.15) is 0 Å². The summed E-state index contributed by atoms with van der Waals surface area (Å²) in [5.74, 6) is 2.91. The van der Waals surface area contributed by atoms with Gasteiger partial charge in [0.25, 0.3) is 5.56 Å². The fourth-order valence-electron chi connectivity index (χ4n) is 3.64. The van der Waals surface area contributed by atoms with Crippen LogP contribution in [0.2, 0.25) is 0 Å². The maximum atomic E-state index is 12.8. The summed E-state index contributed by atoms with van der Waals surface area (Å²) in [6.07, 6.45) is 3.93. The van der Waals surface area contributed by atoms with Crippen LogP contribution in [-0.2, 0) is 5.75 Å². The van der Waals surface area contributed by atoms with Crippen molar-refractivity contribution in [2.75, 3.05) is 0 Å². The smallest absolute Gasteiger partial charge is 0.330 e. The Labute approximate surface area is 184 Å². The molecule has 2 aliphatic carbocycles. The molecule has 0 radical (unpaired) electrons. The zero-order valence-electron chi connectivity index (χ0n) is 16.8. The lowest BCUT2D eigenvalue weighted by molar-refractivity contribution is 0.542. The van der Waals surface area contributed by atoms with Crippen LogP contribution in [0.25, 0.3) is 21.8 Å². The van der Waals surface area contributed by atoms with Crippen molar-refractivity contribution in [2.45, 2.75) is 55.3 Å². The Balaban J connectivity index is 1.42. The summed E-state index contributed by atoms with van der Waals surface area (Å²) >= 11 is 3.02. The molecule has 8 nitrogen and oxygen atoms in total. The van der Waals surface area contributed by atoms with Crippen LogP contribution in [0, 0.1) is 6.92 Å². The Hall–Kier alpha value is -2.72. The highest BCUT2D eigenvalue weighted by Crippen LogP contribution is 2.41. The normalized spacial score (nSPS) is 16.3. The van der Waals surface area contributed by atoms with E-state index < -0.39 is 5.56 Å². The molecule has 0 atom stereocenters. The predicted octanol–water partition coefficient (Wildman–Crippen LogP) is 4.01. The van der Waals surface area contributed by atoms with Crippen molar-refractivity contribution in [3.8, 4) is 10.8 Å². The minimum atomic E-state index is -0.433. The van der Waals surface area contributed by atoms with Crippen LogP contribution in [0.3, 0.4) is 0 Å². The van der Waals surface area contributed by atoms with E-state index in [1.165, 1.54) is 11.8 Å². The molecule has 4 aromatic rings. The van der Waals surface area contributed by atoms with Crippen LogP contribution in [0.5, 0.6) is 0 Å². The summed E-state index contributed by atoms with van der Waals surface area (Å²) in [6.45, 7) is 1.89. The van der Waals surface area contributed by atoms with Gasteiger partial charge in [0, 0.05) is 17.7 Å². The topological polar surface area (TPSA) is 107 Å². The largest absolute Gasteiger partial charge is 0.440 e. The first-order valence-electron chi connectivity index (χ1n) is 10.3. The summed E-state index contributed by atoms with van der Waals surface area (Å²) in [5, 5.41) is 2.98. The number of thioether (sulfide) groups is 1. The molecular formula is C21H19N5O3S2. The lowest BCUT2D eigenvalue weighted by atomic mass is 10.3. The van der Waals surface area contributed by atoms with E-state index in [0.717, 1.165) is 47.8 Å². The second-order valence-corrected chi connectivity index (χ2v) is 9.92. The fraction of sp³-hybridized carbons (Fsp3) is 0.381. The highest BCUT2D eigenvalue weighted by molar-refractivity contribution is 7.98. The van der Waals surface area contributed by atoms with Crippen molar-refractivity contribution >= 4 is 34.1 Å². The molecule has 0 bridgehead atoms. The molecule has 1 N–H and O–H groups in total. The van der Waals surface area contributed by atoms with Gasteiger partial charge in [0.05, 0.1) is 10.6 Å². The van der Waals surface area contributed by atoms with Crippen LogP contribution < -0.4 is 11.2 Å². The zero-order chi connectivity index (χ0) is 21.1. The van der Waals surface area contributed by atoms with E-state index in [2.05, 4.69) is 15.0 Å². The lowest BCUT2D eigenvalue weighted by Gasteiger charge is -2.11. The van der Waals surface area contributed by atoms with Gasteiger partial charge in [-0.3, -0.25) is 14.3 Å². The van der Waals surface area contributed by atoms with Crippen molar-refractivity contribution < 1.29 is 4.42 Å². The predicted molar refractivity (Wildman–Crippen MR) is 119 cm³/mol. The van der Waals surface area contributed by atoms with Crippen molar-refractivity contribution in [1.82, 2.24) is 24.5 Å². The van der Waals surface area contributed by atoms with E-state index in [-0.39, 0.29) is 11.7 Å². The summed E-state index contributed by atoms with van der Waals surface area (Å²) in [7, 11) is 0. The first kappa shape index (κ1) is 19.0. The molecule has 0 aromatic carbocycles. The number of aromatic nitrogens is 5. The standard InChI is InChI=1S/C21H19N5O3S2/c1-10-13(22-19(29-10)14-3-2-8-30-14)9-31-20-15-17(23-16(24-20)11-4-5-11)26(12-6-7-12)21(28)25-18(15)27/h2-3,8,11-12H,4-7,9H2,1H3,(H,25,27,28). The molecule has 0 aliphatic heterocycles. The average molecular weight is 454 g/mol. The van der Waals surface area contributed by atoms with Gasteiger partial charge in [-0.1, -0.05) is 17.8 Å². The van der Waals surface area contributed by atoms with E-state index in [1.807, 2.05) is 24.4 Å². The van der Waals surface area contributed by atoms with E-state index >= 15 is 0 Å². The summed E-state index contributed by atoms with van der Waals surface area (Å²) in [4.78, 5) is 42.8. The second-order valence-electron chi connectivity index (χ2n) is 8.01. The van der Waals surface area contributed by atoms with E-state index in [0.29, 0.717) is 33.6 Å². The van der Waals surface area contributed by atoms with Crippen LogP contribution in [-0.4, -0.2) is 24.5 Å². The molecule has 6 rings (SSSR count). The minimum absolute atomic E-state index is 0.109. The first-order valence-corrected chi connectivity index (χ1v) is 12.1. The Morgan fingerprint density at radius 1 is 1.23 bits per heavy atom. The van der Waals surface area contributed by atoms with Crippen LogP contribution in [0.1, 0.15) is 54.9 Å². The molecule has 2 fully saturated rings. The summed E-state index contributed by atoms with van der Waals surface area (Å²) < 4.78 is 7.49. The van der Waals surface area contributed by atoms with Crippen LogP contribution >= 0.6 is 23.1 Å². The van der Waals surface area contributed by atoms with E-state index in [1.54, 1.807) is 15.9 Å². The summed E-state index contributed by atoms with van der Waals surface area (Å²) in [6, 6.07) is 4.05. The van der Waals surface area contributed by atoms with Gasteiger partial charge in [-0.05, 0) is 44.1 Å². The summed E-state index contributed by atoms with van der Waals surface area (Å²) in [5.41, 5.74) is 0.467. The van der Waals surface area contributed by atoms with Gasteiger partial charge in [0.15, 0.2) is 5.65 Å². The Morgan fingerprint density at radius 2 is 2.06 bits per heavy atom. The van der Waals surface area contributed by atoms with Crippen molar-refractivity contribution in [1.29, 1.82) is 0 Å². The Morgan fingerprint density at radius 3 is 2.77 bits per heavy atom. The molecule has 31 heavy (non-hydrogen) atoms. The van der Waals surface area contributed by atoms with Crippen LogP contribution in [0.15, 0.2) is 36.5 Å². The monoisotopic (exact) mass is 453 g/mol. The molecule has 4 heterocycles. The minimum Gasteiger partial charge on any atom is -0.440 e. The van der Waals surface area contributed by atoms with Gasteiger partial charge in [0.1, 0.15) is 22.0 Å². The Bertz CT molecular complexity index is 1410. The van der Waals surface area contributed by atoms with Gasteiger partial charge in [-0.15, -0.1) is 11.3 Å². The third kappa shape index (κ3) is 3.43. The van der Waals surface area contributed by atoms with Gasteiger partial charge >= 0.3 is 5.69 Å². The first-order chi connectivity index (χ1) is 15.1. The third-order valence-corrected chi connectivity index (χ3v) is 7.44. The molecule has 4 aromatic heterocycles. The van der Waals surface area contributed by atoms with Gasteiger partial charge < -0.3 is 4.42 Å². The number of H-pyrrole nitrogens is 1.